The maximum absolute atomic E-state index is 11.2. The number of rotatable bonds is 5. The van der Waals surface area contributed by atoms with Gasteiger partial charge in [0, 0.05) is 17.6 Å². The van der Waals surface area contributed by atoms with Gasteiger partial charge in [0.15, 0.2) is 5.82 Å². The monoisotopic (exact) mass is 257 g/mol. The van der Waals surface area contributed by atoms with Crippen molar-refractivity contribution in [3.63, 3.8) is 0 Å². The molecule has 0 fully saturated rings. The molecule has 0 bridgehead atoms. The average Bonchev–Trinajstić information content (AvgIpc) is 2.57. The van der Waals surface area contributed by atoms with Gasteiger partial charge in [-0.05, 0) is 4.92 Å². The van der Waals surface area contributed by atoms with Crippen molar-refractivity contribution < 1.29 is 4.92 Å². The van der Waals surface area contributed by atoms with Gasteiger partial charge in [-0.3, -0.25) is 0 Å². The highest BCUT2D eigenvalue weighted by atomic mass is 32.1. The molecule has 1 aromatic rings. The summed E-state index contributed by atoms with van der Waals surface area (Å²) in [5.74, 6) is 1.68. The summed E-state index contributed by atoms with van der Waals surface area (Å²) in [6.45, 7) is 8.35. The highest BCUT2D eigenvalue weighted by Gasteiger charge is 2.29. The molecule has 0 spiro atoms. The van der Waals surface area contributed by atoms with Gasteiger partial charge < -0.3 is 10.1 Å². The average molecular weight is 257 g/mol. The largest absolute Gasteiger partial charge is 0.358 e. The van der Waals surface area contributed by atoms with Crippen molar-refractivity contribution in [1.82, 2.24) is 9.55 Å². The van der Waals surface area contributed by atoms with Crippen LogP contribution in [0.1, 0.15) is 51.0 Å². The van der Waals surface area contributed by atoms with Crippen LogP contribution in [0.25, 0.3) is 0 Å². The van der Waals surface area contributed by atoms with Crippen molar-refractivity contribution in [3.8, 4) is 0 Å². The molecule has 0 atom stereocenters. The minimum Gasteiger partial charge on any atom is -0.358 e. The standard InChI is InChI=1S/C11H19N3O2S/c1-7(2)9-11(14(15)16)13(5-6-17)10(12-9)8(3)4/h7-8,17H,5-6H2,1-4H3. The summed E-state index contributed by atoms with van der Waals surface area (Å²) in [4.78, 5) is 15.3. The molecule has 5 nitrogen and oxygen atoms in total. The molecule has 0 unspecified atom stereocenters. The molecule has 0 aliphatic heterocycles. The van der Waals surface area contributed by atoms with Crippen molar-refractivity contribution in [2.24, 2.45) is 0 Å². The molecule has 17 heavy (non-hydrogen) atoms. The van der Waals surface area contributed by atoms with Gasteiger partial charge in [0.2, 0.25) is 0 Å². The molecule has 0 amide bonds. The van der Waals surface area contributed by atoms with Crippen molar-refractivity contribution in [3.05, 3.63) is 21.6 Å². The van der Waals surface area contributed by atoms with E-state index in [0.29, 0.717) is 18.0 Å². The van der Waals surface area contributed by atoms with Crippen LogP contribution in [0.3, 0.4) is 0 Å². The summed E-state index contributed by atoms with van der Waals surface area (Å²) in [5.41, 5.74) is 0.570. The van der Waals surface area contributed by atoms with E-state index in [4.69, 9.17) is 0 Å². The number of nitrogens with zero attached hydrogens (tertiary/aromatic N) is 3. The Morgan fingerprint density at radius 1 is 1.35 bits per heavy atom. The van der Waals surface area contributed by atoms with Crippen molar-refractivity contribution in [2.75, 3.05) is 5.75 Å². The van der Waals surface area contributed by atoms with E-state index in [-0.39, 0.29) is 22.6 Å². The van der Waals surface area contributed by atoms with E-state index in [9.17, 15) is 10.1 Å². The summed E-state index contributed by atoms with van der Waals surface area (Å²) in [6, 6.07) is 0. The minimum absolute atomic E-state index is 0.0501. The van der Waals surface area contributed by atoms with Gasteiger partial charge in [0.25, 0.3) is 0 Å². The molecule has 6 heteroatoms. The van der Waals surface area contributed by atoms with Crippen LogP contribution in [0.5, 0.6) is 0 Å². The number of hydrogen-bond acceptors (Lipinski definition) is 4. The van der Waals surface area contributed by atoms with Crippen LogP contribution in [0, 0.1) is 10.1 Å². The van der Waals surface area contributed by atoms with E-state index in [1.54, 1.807) is 4.57 Å². The van der Waals surface area contributed by atoms with Crippen LogP contribution in [-0.4, -0.2) is 20.2 Å². The van der Waals surface area contributed by atoms with Crippen LogP contribution in [0.2, 0.25) is 0 Å². The lowest BCUT2D eigenvalue weighted by molar-refractivity contribution is -0.393. The number of nitro groups is 1. The van der Waals surface area contributed by atoms with E-state index in [2.05, 4.69) is 17.6 Å². The smallest absolute Gasteiger partial charge is 0.346 e. The molecule has 0 radical (unpaired) electrons. The molecule has 0 aromatic carbocycles. The Balaban J connectivity index is 3.43. The maximum atomic E-state index is 11.2. The normalized spacial score (nSPS) is 11.5. The summed E-state index contributed by atoms with van der Waals surface area (Å²) in [7, 11) is 0. The zero-order valence-corrected chi connectivity index (χ0v) is 11.6. The Morgan fingerprint density at radius 3 is 2.29 bits per heavy atom. The fraction of sp³-hybridized carbons (Fsp3) is 0.727. The van der Waals surface area contributed by atoms with E-state index < -0.39 is 0 Å². The minimum atomic E-state index is -0.336. The Bertz CT molecular complexity index is 413. The van der Waals surface area contributed by atoms with Gasteiger partial charge >= 0.3 is 5.82 Å². The molecule has 0 N–H and O–H groups in total. The van der Waals surface area contributed by atoms with Crippen LogP contribution >= 0.6 is 12.6 Å². The lowest BCUT2D eigenvalue weighted by Gasteiger charge is -2.05. The van der Waals surface area contributed by atoms with Crippen LogP contribution < -0.4 is 0 Å². The molecular formula is C11H19N3O2S. The summed E-state index contributed by atoms with van der Waals surface area (Å²) < 4.78 is 1.69. The van der Waals surface area contributed by atoms with Crippen molar-refractivity contribution in [2.45, 2.75) is 46.1 Å². The molecule has 0 aliphatic carbocycles. The predicted molar refractivity (Wildman–Crippen MR) is 70.9 cm³/mol. The van der Waals surface area contributed by atoms with Gasteiger partial charge in [0.1, 0.15) is 12.2 Å². The Hall–Kier alpha value is -1.04. The second kappa shape index (κ2) is 5.53. The van der Waals surface area contributed by atoms with E-state index in [1.165, 1.54) is 0 Å². The first-order valence-electron chi connectivity index (χ1n) is 5.75. The number of aromatic nitrogens is 2. The van der Waals surface area contributed by atoms with E-state index in [0.717, 1.165) is 5.82 Å². The molecule has 1 rings (SSSR count). The van der Waals surface area contributed by atoms with Crippen LogP contribution in [0.15, 0.2) is 0 Å². The summed E-state index contributed by atoms with van der Waals surface area (Å²) in [5, 5.41) is 11.2. The fourth-order valence-corrected chi connectivity index (χ4v) is 2.02. The van der Waals surface area contributed by atoms with Crippen LogP contribution in [0.4, 0.5) is 5.82 Å². The number of hydrogen-bond donors (Lipinski definition) is 1. The second-order valence-corrected chi connectivity index (χ2v) is 5.07. The molecule has 1 aromatic heterocycles. The first-order chi connectivity index (χ1) is 7.90. The topological polar surface area (TPSA) is 61.0 Å². The van der Waals surface area contributed by atoms with Crippen molar-refractivity contribution >= 4 is 18.4 Å². The SMILES string of the molecule is CC(C)c1nc(C(C)C)n(CCS)c1[N+](=O)[O-]. The van der Waals surface area contributed by atoms with Gasteiger partial charge in [0.05, 0.1) is 0 Å². The highest BCUT2D eigenvalue weighted by molar-refractivity contribution is 7.80. The van der Waals surface area contributed by atoms with Gasteiger partial charge in [-0.25, -0.2) is 9.55 Å². The first kappa shape index (κ1) is 14.0. The molecule has 0 saturated carbocycles. The lowest BCUT2D eigenvalue weighted by Crippen LogP contribution is -2.10. The zero-order valence-electron chi connectivity index (χ0n) is 10.7. The van der Waals surface area contributed by atoms with Crippen molar-refractivity contribution in [1.29, 1.82) is 0 Å². The molecular weight excluding hydrogens is 238 g/mol. The molecule has 0 saturated heterocycles. The van der Waals surface area contributed by atoms with Gasteiger partial charge in [-0.15, -0.1) is 0 Å². The predicted octanol–water partition coefficient (Wildman–Crippen LogP) is 2.97. The lowest BCUT2D eigenvalue weighted by atomic mass is 10.1. The molecule has 0 aliphatic rings. The number of thiol groups is 1. The third-order valence-corrected chi connectivity index (χ3v) is 2.76. The van der Waals surface area contributed by atoms with Gasteiger partial charge in [-0.1, -0.05) is 27.7 Å². The van der Waals surface area contributed by atoms with Gasteiger partial charge in [-0.2, -0.15) is 12.6 Å². The quantitative estimate of drug-likeness (QED) is 0.501. The Morgan fingerprint density at radius 2 is 1.94 bits per heavy atom. The third kappa shape index (κ3) is 2.80. The second-order valence-electron chi connectivity index (χ2n) is 4.62. The number of imidazole rings is 1. The third-order valence-electron chi connectivity index (χ3n) is 2.56. The van der Waals surface area contributed by atoms with E-state index >= 15 is 0 Å². The first-order valence-corrected chi connectivity index (χ1v) is 6.38. The molecule has 1 heterocycles. The Kier molecular flexibility index (Phi) is 4.56. The summed E-state index contributed by atoms with van der Waals surface area (Å²) in [6.07, 6.45) is 0. The molecule has 96 valence electrons. The highest BCUT2D eigenvalue weighted by Crippen LogP contribution is 2.30. The summed E-state index contributed by atoms with van der Waals surface area (Å²) >= 11 is 4.15. The zero-order chi connectivity index (χ0) is 13.2. The fourth-order valence-electron chi connectivity index (χ4n) is 1.82. The van der Waals surface area contributed by atoms with E-state index in [1.807, 2.05) is 27.7 Å². The maximum Gasteiger partial charge on any atom is 0.346 e. The van der Waals surface area contributed by atoms with Crippen LogP contribution in [-0.2, 0) is 6.54 Å². The Labute approximate surface area is 107 Å².